The minimum absolute atomic E-state index is 0.0481. The van der Waals surface area contributed by atoms with E-state index in [2.05, 4.69) is 23.6 Å². The van der Waals surface area contributed by atoms with E-state index in [0.717, 1.165) is 17.7 Å². The minimum Gasteiger partial charge on any atom is -0.376 e. The van der Waals surface area contributed by atoms with Gasteiger partial charge in [0.2, 0.25) is 5.91 Å². The third-order valence-electron chi connectivity index (χ3n) is 3.49. The molecule has 0 atom stereocenters. The van der Waals surface area contributed by atoms with Gasteiger partial charge < -0.3 is 10.6 Å². The van der Waals surface area contributed by atoms with Gasteiger partial charge in [0.15, 0.2) is 0 Å². The SMILES string of the molecule is CCc1ccccc1NCC(=O)NCCc1ccc(F)cc1. The van der Waals surface area contributed by atoms with Crippen LogP contribution in [0.3, 0.4) is 0 Å². The van der Waals surface area contributed by atoms with Crippen molar-refractivity contribution in [2.75, 3.05) is 18.4 Å². The van der Waals surface area contributed by atoms with Crippen LogP contribution in [-0.2, 0) is 17.6 Å². The van der Waals surface area contributed by atoms with Crippen LogP contribution in [0.25, 0.3) is 0 Å². The van der Waals surface area contributed by atoms with Gasteiger partial charge in [-0.3, -0.25) is 4.79 Å². The molecular formula is C18H21FN2O. The number of carbonyl (C=O) groups is 1. The van der Waals surface area contributed by atoms with Crippen molar-refractivity contribution in [1.29, 1.82) is 0 Å². The first kappa shape index (κ1) is 16.0. The zero-order chi connectivity index (χ0) is 15.8. The molecule has 1 amide bonds. The van der Waals surface area contributed by atoms with Crippen LogP contribution in [0.5, 0.6) is 0 Å². The lowest BCUT2D eigenvalue weighted by Gasteiger charge is -2.11. The first-order valence-electron chi connectivity index (χ1n) is 7.52. The smallest absolute Gasteiger partial charge is 0.239 e. The third kappa shape index (κ3) is 4.88. The van der Waals surface area contributed by atoms with Gasteiger partial charge in [0.05, 0.1) is 6.54 Å². The average molecular weight is 300 g/mol. The lowest BCUT2D eigenvalue weighted by molar-refractivity contribution is -0.119. The molecule has 0 radical (unpaired) electrons. The zero-order valence-corrected chi connectivity index (χ0v) is 12.7. The Balaban J connectivity index is 1.73. The molecule has 0 aliphatic carbocycles. The molecule has 0 heterocycles. The van der Waals surface area contributed by atoms with Crippen molar-refractivity contribution in [3.05, 3.63) is 65.5 Å². The van der Waals surface area contributed by atoms with Gasteiger partial charge in [0.25, 0.3) is 0 Å². The number of amides is 1. The summed E-state index contributed by atoms with van der Waals surface area (Å²) in [5.74, 6) is -0.292. The predicted octanol–water partition coefficient (Wildman–Crippen LogP) is 3.16. The van der Waals surface area contributed by atoms with Gasteiger partial charge in [-0.1, -0.05) is 37.3 Å². The molecule has 22 heavy (non-hydrogen) atoms. The lowest BCUT2D eigenvalue weighted by Crippen LogP contribution is -2.31. The van der Waals surface area contributed by atoms with Crippen LogP contribution < -0.4 is 10.6 Å². The van der Waals surface area contributed by atoms with Gasteiger partial charge in [0.1, 0.15) is 5.82 Å². The average Bonchev–Trinajstić information content (AvgIpc) is 2.55. The molecule has 0 aromatic heterocycles. The highest BCUT2D eigenvalue weighted by atomic mass is 19.1. The number of aryl methyl sites for hydroxylation is 1. The summed E-state index contributed by atoms with van der Waals surface area (Å²) < 4.78 is 12.8. The molecule has 116 valence electrons. The minimum atomic E-state index is -0.244. The zero-order valence-electron chi connectivity index (χ0n) is 12.7. The molecule has 2 aromatic carbocycles. The molecular weight excluding hydrogens is 279 g/mol. The molecule has 4 heteroatoms. The summed E-state index contributed by atoms with van der Waals surface area (Å²) in [4.78, 5) is 11.8. The maximum Gasteiger partial charge on any atom is 0.239 e. The fraction of sp³-hybridized carbons (Fsp3) is 0.278. The molecule has 0 saturated carbocycles. The van der Waals surface area contributed by atoms with E-state index in [1.54, 1.807) is 12.1 Å². The fourth-order valence-electron chi connectivity index (χ4n) is 2.24. The number of hydrogen-bond acceptors (Lipinski definition) is 2. The Morgan fingerprint density at radius 2 is 1.82 bits per heavy atom. The Bertz CT molecular complexity index is 611. The normalized spacial score (nSPS) is 10.3. The van der Waals surface area contributed by atoms with E-state index in [1.165, 1.54) is 17.7 Å². The Kier molecular flexibility index (Phi) is 5.95. The van der Waals surface area contributed by atoms with Crippen molar-refractivity contribution < 1.29 is 9.18 Å². The Hall–Kier alpha value is -2.36. The first-order chi connectivity index (χ1) is 10.7. The van der Waals surface area contributed by atoms with Crippen molar-refractivity contribution in [2.45, 2.75) is 19.8 Å². The van der Waals surface area contributed by atoms with Gasteiger partial charge in [-0.25, -0.2) is 4.39 Å². The van der Waals surface area contributed by atoms with E-state index in [4.69, 9.17) is 0 Å². The molecule has 0 unspecified atom stereocenters. The van der Waals surface area contributed by atoms with Gasteiger partial charge >= 0.3 is 0 Å². The number of rotatable bonds is 7. The molecule has 0 fully saturated rings. The summed E-state index contributed by atoms with van der Waals surface area (Å²) in [6.45, 7) is 2.88. The van der Waals surface area contributed by atoms with E-state index in [0.29, 0.717) is 13.0 Å². The number of nitrogens with one attached hydrogen (secondary N) is 2. The highest BCUT2D eigenvalue weighted by molar-refractivity contribution is 5.80. The summed E-state index contributed by atoms with van der Waals surface area (Å²) >= 11 is 0. The second-order valence-electron chi connectivity index (χ2n) is 5.09. The number of para-hydroxylation sites is 1. The number of halogens is 1. The Morgan fingerprint density at radius 3 is 2.55 bits per heavy atom. The second kappa shape index (κ2) is 8.17. The largest absolute Gasteiger partial charge is 0.376 e. The van der Waals surface area contributed by atoms with Crippen LogP contribution >= 0.6 is 0 Å². The number of benzene rings is 2. The molecule has 0 aliphatic rings. The summed E-state index contributed by atoms with van der Waals surface area (Å²) in [7, 11) is 0. The standard InChI is InChI=1S/C18H21FN2O/c1-2-15-5-3-4-6-17(15)21-13-18(22)20-12-11-14-7-9-16(19)10-8-14/h3-10,21H,2,11-13H2,1H3,(H,20,22). The second-order valence-corrected chi connectivity index (χ2v) is 5.09. The summed E-state index contributed by atoms with van der Waals surface area (Å²) in [5, 5.41) is 6.02. The van der Waals surface area contributed by atoms with Crippen LogP contribution in [0.1, 0.15) is 18.1 Å². The third-order valence-corrected chi connectivity index (χ3v) is 3.49. The Labute approximate surface area is 130 Å². The molecule has 2 N–H and O–H groups in total. The molecule has 0 bridgehead atoms. The quantitative estimate of drug-likeness (QED) is 0.824. The van der Waals surface area contributed by atoms with Crippen LogP contribution in [0.4, 0.5) is 10.1 Å². The summed E-state index contributed by atoms with van der Waals surface area (Å²) in [6, 6.07) is 14.3. The van der Waals surface area contributed by atoms with Crippen LogP contribution in [0.2, 0.25) is 0 Å². The summed E-state index contributed by atoms with van der Waals surface area (Å²) in [5.41, 5.74) is 3.20. The molecule has 3 nitrogen and oxygen atoms in total. The van der Waals surface area contributed by atoms with Crippen LogP contribution in [0.15, 0.2) is 48.5 Å². The van der Waals surface area contributed by atoms with Crippen molar-refractivity contribution in [3.8, 4) is 0 Å². The van der Waals surface area contributed by atoms with E-state index >= 15 is 0 Å². The maximum absolute atomic E-state index is 12.8. The number of hydrogen-bond donors (Lipinski definition) is 2. The van der Waals surface area contributed by atoms with Gasteiger partial charge in [-0.2, -0.15) is 0 Å². The summed E-state index contributed by atoms with van der Waals surface area (Å²) in [6.07, 6.45) is 1.62. The maximum atomic E-state index is 12.8. The number of anilines is 1. The monoisotopic (exact) mass is 300 g/mol. The van der Waals surface area contributed by atoms with E-state index in [-0.39, 0.29) is 18.3 Å². The van der Waals surface area contributed by atoms with Crippen molar-refractivity contribution >= 4 is 11.6 Å². The van der Waals surface area contributed by atoms with Gasteiger partial charge in [-0.05, 0) is 42.2 Å². The Morgan fingerprint density at radius 1 is 1.09 bits per heavy atom. The topological polar surface area (TPSA) is 41.1 Å². The predicted molar refractivity (Wildman–Crippen MR) is 87.4 cm³/mol. The highest BCUT2D eigenvalue weighted by Gasteiger charge is 2.03. The van der Waals surface area contributed by atoms with E-state index < -0.39 is 0 Å². The van der Waals surface area contributed by atoms with Crippen molar-refractivity contribution in [1.82, 2.24) is 5.32 Å². The fourth-order valence-corrected chi connectivity index (χ4v) is 2.24. The molecule has 0 saturated heterocycles. The highest BCUT2D eigenvalue weighted by Crippen LogP contribution is 2.14. The van der Waals surface area contributed by atoms with E-state index in [1.807, 2.05) is 18.2 Å². The van der Waals surface area contributed by atoms with Gasteiger partial charge in [-0.15, -0.1) is 0 Å². The van der Waals surface area contributed by atoms with Gasteiger partial charge in [0, 0.05) is 12.2 Å². The van der Waals surface area contributed by atoms with Crippen molar-refractivity contribution in [3.63, 3.8) is 0 Å². The molecule has 2 aromatic rings. The van der Waals surface area contributed by atoms with Crippen molar-refractivity contribution in [2.24, 2.45) is 0 Å². The first-order valence-corrected chi connectivity index (χ1v) is 7.52. The molecule has 0 aliphatic heterocycles. The number of carbonyl (C=O) groups excluding carboxylic acids is 1. The lowest BCUT2D eigenvalue weighted by atomic mass is 10.1. The van der Waals surface area contributed by atoms with Crippen LogP contribution in [0, 0.1) is 5.82 Å². The molecule has 2 rings (SSSR count). The van der Waals surface area contributed by atoms with Crippen LogP contribution in [-0.4, -0.2) is 19.0 Å². The molecule has 0 spiro atoms. The van der Waals surface area contributed by atoms with E-state index in [9.17, 15) is 9.18 Å².